The average Bonchev–Trinajstić information content (AvgIpc) is 3.65. The Morgan fingerprint density at radius 1 is 1.20 bits per heavy atom. The van der Waals surface area contributed by atoms with Gasteiger partial charge in [0.05, 0.1) is 24.8 Å². The SMILES string of the molecule is CNN(c1nc(N)[nH]c(=O)c1N)[C@@H]1S[C@@H]2COP(O)(=S)O[C@@H]3[C@@H](COP(O)(=S)O[C@@H]1[C@@H]2F)OC[C@]3(F)n1cnc2c(N)ncnc21. The van der Waals surface area contributed by atoms with E-state index in [9.17, 15) is 14.6 Å². The molecule has 0 amide bonds. The molecule has 0 aromatic carbocycles. The van der Waals surface area contributed by atoms with E-state index in [1.165, 1.54) is 12.1 Å². The Kier molecular flexibility index (Phi) is 9.06. The van der Waals surface area contributed by atoms with E-state index in [2.05, 4.69) is 30.3 Å². The van der Waals surface area contributed by atoms with Crippen molar-refractivity contribution in [3.05, 3.63) is 23.0 Å². The van der Waals surface area contributed by atoms with Gasteiger partial charge in [0.2, 0.25) is 11.7 Å². The molecule has 0 aliphatic carbocycles. The predicted molar refractivity (Wildman–Crippen MR) is 168 cm³/mol. The van der Waals surface area contributed by atoms with Gasteiger partial charge in [0, 0.05) is 7.05 Å². The van der Waals surface area contributed by atoms with E-state index in [1.807, 2.05) is 0 Å². The second kappa shape index (κ2) is 12.4. The highest BCUT2D eigenvalue weighted by molar-refractivity contribution is 8.07. The molecule has 6 heterocycles. The summed E-state index contributed by atoms with van der Waals surface area (Å²) in [5, 5.41) is -1.07. The Bertz CT molecular complexity index is 1810. The third-order valence-electron chi connectivity index (χ3n) is 7.28. The van der Waals surface area contributed by atoms with Gasteiger partial charge >= 0.3 is 13.4 Å². The van der Waals surface area contributed by atoms with Crippen LogP contribution in [0.2, 0.25) is 0 Å². The van der Waals surface area contributed by atoms with Crippen LogP contribution in [-0.2, 0) is 52.2 Å². The third-order valence-corrected chi connectivity index (χ3v) is 11.9. The molecule has 3 aromatic rings. The lowest BCUT2D eigenvalue weighted by atomic mass is 10.1. The van der Waals surface area contributed by atoms with E-state index in [4.69, 9.17) is 63.6 Å². The zero-order valence-electron chi connectivity index (χ0n) is 23.4. The minimum absolute atomic E-state index is 0.0131. The first-order valence-electron chi connectivity index (χ1n) is 13.1. The summed E-state index contributed by atoms with van der Waals surface area (Å²) in [6.45, 7) is -10.6. The normalized spacial score (nSPS) is 36.9. The molecule has 0 saturated carbocycles. The van der Waals surface area contributed by atoms with E-state index >= 15 is 8.78 Å². The van der Waals surface area contributed by atoms with Crippen molar-refractivity contribution in [3.63, 3.8) is 0 Å². The molecule has 3 aliphatic heterocycles. The van der Waals surface area contributed by atoms with Crippen LogP contribution in [0.25, 0.3) is 11.2 Å². The lowest BCUT2D eigenvalue weighted by molar-refractivity contribution is -0.0381. The summed E-state index contributed by atoms with van der Waals surface area (Å²) in [7, 11) is 1.43. The number of nitrogens with one attached hydrogen (secondary N) is 2. The summed E-state index contributed by atoms with van der Waals surface area (Å²) < 4.78 is 62.1. The average molecular weight is 746 g/mol. The highest BCUT2D eigenvalue weighted by Gasteiger charge is 2.58. The predicted octanol–water partition coefficient (Wildman–Crippen LogP) is -0.651. The van der Waals surface area contributed by atoms with Gasteiger partial charge in [-0.05, 0) is 23.6 Å². The number of nitrogens with zero attached hydrogens (tertiary/aromatic N) is 6. The lowest BCUT2D eigenvalue weighted by Gasteiger charge is -2.34. The fourth-order valence-corrected chi connectivity index (χ4v) is 9.71. The first-order valence-corrected chi connectivity index (χ1v) is 19.2. The Morgan fingerprint density at radius 3 is 2.65 bits per heavy atom. The molecule has 3 aromatic heterocycles. The summed E-state index contributed by atoms with van der Waals surface area (Å²) >= 11 is 11.3. The van der Waals surface area contributed by atoms with Gasteiger partial charge in [0.15, 0.2) is 23.4 Å². The van der Waals surface area contributed by atoms with E-state index in [0.29, 0.717) is 0 Å². The first kappa shape index (κ1) is 33.7. The van der Waals surface area contributed by atoms with Crippen LogP contribution in [0.15, 0.2) is 17.4 Å². The Labute approximate surface area is 272 Å². The fraction of sp³-hybridized carbons (Fsp3) is 0.550. The smallest absolute Gasteiger partial charge is 0.325 e. The number of rotatable bonds is 4. The van der Waals surface area contributed by atoms with Gasteiger partial charge < -0.3 is 40.8 Å². The Morgan fingerprint density at radius 2 is 1.91 bits per heavy atom. The molecule has 19 nitrogen and oxygen atoms in total. The number of thioether (sulfide) groups is 1. The molecule has 26 heteroatoms. The second-order valence-electron chi connectivity index (χ2n) is 10.1. The van der Waals surface area contributed by atoms with Crippen molar-refractivity contribution in [2.24, 2.45) is 0 Å². The largest absolute Gasteiger partial charge is 0.391 e. The minimum Gasteiger partial charge on any atom is -0.391 e. The fourth-order valence-electron chi connectivity index (χ4n) is 5.16. The molecular formula is C20H27F2N11O8P2S3. The van der Waals surface area contributed by atoms with Gasteiger partial charge in [-0.2, -0.15) is 4.98 Å². The van der Waals surface area contributed by atoms with Crippen LogP contribution in [0.4, 0.5) is 32.1 Å². The number of fused-ring (bicyclic) bond motifs is 4. The quantitative estimate of drug-likeness (QED) is 0.129. The molecule has 3 aliphatic rings. The number of hydrogen-bond acceptors (Lipinski definition) is 18. The van der Waals surface area contributed by atoms with E-state index in [0.717, 1.165) is 29.0 Å². The molecule has 46 heavy (non-hydrogen) atoms. The van der Waals surface area contributed by atoms with Crippen LogP contribution >= 0.6 is 25.2 Å². The van der Waals surface area contributed by atoms with Crippen LogP contribution < -0.4 is 33.2 Å². The molecule has 0 spiro atoms. The molecule has 10 N–H and O–H groups in total. The van der Waals surface area contributed by atoms with Crippen molar-refractivity contribution < 1.29 is 41.4 Å². The van der Waals surface area contributed by atoms with Crippen LogP contribution in [0, 0.1) is 0 Å². The number of alkyl halides is 2. The van der Waals surface area contributed by atoms with E-state index in [1.54, 1.807) is 0 Å². The van der Waals surface area contributed by atoms with E-state index < -0.39 is 79.7 Å². The zero-order valence-corrected chi connectivity index (χ0v) is 27.6. The van der Waals surface area contributed by atoms with Crippen molar-refractivity contribution in [2.45, 2.75) is 40.9 Å². The van der Waals surface area contributed by atoms with Gasteiger partial charge in [-0.25, -0.2) is 29.2 Å². The first-order chi connectivity index (χ1) is 21.6. The molecule has 2 bridgehead atoms. The maximum absolute atomic E-state index is 16.9. The highest BCUT2D eigenvalue weighted by Crippen LogP contribution is 2.56. The molecule has 3 fully saturated rings. The summed E-state index contributed by atoms with van der Waals surface area (Å²) in [4.78, 5) is 52.8. The zero-order chi connectivity index (χ0) is 33.2. The number of nitrogen functional groups attached to an aromatic ring is 3. The topological polar surface area (TPSA) is 269 Å². The summed E-state index contributed by atoms with van der Waals surface area (Å²) in [6, 6.07) is 0. The summed E-state index contributed by atoms with van der Waals surface area (Å²) in [5.74, 6) is -3.08. The van der Waals surface area contributed by atoms with Crippen LogP contribution in [0.3, 0.4) is 0 Å². The second-order valence-corrected chi connectivity index (χ2v) is 17.1. The molecule has 6 rings (SSSR count). The lowest BCUT2D eigenvalue weighted by Crippen LogP contribution is -2.50. The van der Waals surface area contributed by atoms with Gasteiger partial charge in [0.25, 0.3) is 5.56 Å². The van der Waals surface area contributed by atoms with Crippen molar-refractivity contribution in [3.8, 4) is 0 Å². The maximum Gasteiger partial charge on any atom is 0.325 e. The van der Waals surface area contributed by atoms with E-state index in [-0.39, 0.29) is 34.4 Å². The van der Waals surface area contributed by atoms with Crippen molar-refractivity contribution >= 4 is 83.2 Å². The minimum atomic E-state index is -4.35. The number of anilines is 4. The summed E-state index contributed by atoms with van der Waals surface area (Å²) in [6.07, 6.45) is -4.40. The van der Waals surface area contributed by atoms with Crippen molar-refractivity contribution in [1.29, 1.82) is 0 Å². The highest BCUT2D eigenvalue weighted by atomic mass is 32.5. The van der Waals surface area contributed by atoms with Crippen LogP contribution in [0.5, 0.6) is 0 Å². The number of imidazole rings is 1. The van der Waals surface area contributed by atoms with Gasteiger partial charge in [0.1, 0.15) is 47.9 Å². The maximum atomic E-state index is 16.9. The number of halogens is 2. The third kappa shape index (κ3) is 6.11. The molecule has 0 radical (unpaired) electrons. The number of H-pyrrole nitrogens is 1. The van der Waals surface area contributed by atoms with Gasteiger partial charge in [-0.3, -0.25) is 28.4 Å². The van der Waals surface area contributed by atoms with Gasteiger partial charge in [-0.15, -0.1) is 11.8 Å². The Hall–Kier alpha value is -2.18. The summed E-state index contributed by atoms with van der Waals surface area (Å²) in [5.41, 5.74) is 19.2. The van der Waals surface area contributed by atoms with Crippen molar-refractivity contribution in [2.75, 3.05) is 49.1 Å². The number of ether oxygens (including phenoxy) is 1. The molecule has 9 atom stereocenters. The van der Waals surface area contributed by atoms with Crippen LogP contribution in [0.1, 0.15) is 0 Å². The van der Waals surface area contributed by atoms with Gasteiger partial charge in [-0.1, -0.05) is 0 Å². The van der Waals surface area contributed by atoms with Crippen LogP contribution in [-0.4, -0.2) is 101 Å². The monoisotopic (exact) mass is 745 g/mol. The standard InChI is InChI=1S/C20H27F2N11O8P2S3/c1-26-33(15-10(23)17(34)31-19(25)30-15)18-12-9(21)8(46-18)3-39-43(36,45)41-13-7(2-38-42(35,44)40-12)37-4-20(13,22)32-6-29-11-14(24)27-5-28-16(11)32/h5-9,12-13,18,26H,2-4,23H2,1H3,(H,35,44)(H,36,45)(H2,24,27,28)(H3,25,30,31,34)/t7-,8-,9-,12-,13-,18-,20+,42?,43?/m1/s1. The number of hydrogen-bond donors (Lipinski definition) is 7. The Balaban J connectivity index is 1.33. The number of nitrogens with two attached hydrogens (primary N) is 3. The molecular weight excluding hydrogens is 718 g/mol. The molecule has 3 saturated heterocycles. The number of aromatic nitrogens is 6. The molecule has 252 valence electrons. The molecule has 2 unspecified atom stereocenters. The number of hydrazine groups is 1. The number of aromatic amines is 1. The van der Waals surface area contributed by atoms with Crippen molar-refractivity contribution in [1.82, 2.24) is 34.9 Å².